The fourth-order valence-electron chi connectivity index (χ4n) is 2.95. The summed E-state index contributed by atoms with van der Waals surface area (Å²) >= 11 is 6.31. The van der Waals surface area contributed by atoms with E-state index >= 15 is 0 Å². The maximum atomic E-state index is 6.31. The average molecular weight is 272 g/mol. The number of fused-ring (bicyclic) bond motifs is 1. The Bertz CT molecular complexity index is 556. The van der Waals surface area contributed by atoms with Crippen molar-refractivity contribution < 1.29 is 0 Å². The van der Waals surface area contributed by atoms with Crippen LogP contribution in [-0.4, -0.2) is 11.9 Å². The molecule has 1 heterocycles. The highest BCUT2D eigenvalue weighted by Crippen LogP contribution is 2.36. The van der Waals surface area contributed by atoms with Crippen molar-refractivity contribution in [3.8, 4) is 0 Å². The molecule has 1 unspecified atom stereocenters. The molecule has 3 rings (SSSR count). The second kappa shape index (κ2) is 5.26. The Morgan fingerprint density at radius 1 is 1.32 bits per heavy atom. The SMILES string of the molecule is C=CCN1C2=C(C=CC(Cl)C2)CCc2ccccc21. The molecule has 0 amide bonds. The van der Waals surface area contributed by atoms with E-state index in [4.69, 9.17) is 11.6 Å². The number of hydrogen-bond acceptors (Lipinski definition) is 1. The van der Waals surface area contributed by atoms with Crippen LogP contribution in [0.5, 0.6) is 0 Å². The fourth-order valence-corrected chi connectivity index (χ4v) is 3.17. The Kier molecular flexibility index (Phi) is 3.48. The summed E-state index contributed by atoms with van der Waals surface area (Å²) < 4.78 is 0. The van der Waals surface area contributed by atoms with Crippen LogP contribution in [0.2, 0.25) is 0 Å². The normalized spacial score (nSPS) is 21.7. The highest BCUT2D eigenvalue weighted by atomic mass is 35.5. The van der Waals surface area contributed by atoms with Gasteiger partial charge in [-0.2, -0.15) is 0 Å². The van der Waals surface area contributed by atoms with Gasteiger partial charge in [0.05, 0.1) is 5.38 Å². The summed E-state index contributed by atoms with van der Waals surface area (Å²) in [5, 5.41) is 0.108. The molecule has 1 aliphatic heterocycles. The molecule has 1 aromatic rings. The third-order valence-electron chi connectivity index (χ3n) is 3.85. The molecule has 98 valence electrons. The third kappa shape index (κ3) is 2.35. The van der Waals surface area contributed by atoms with Gasteiger partial charge in [-0.15, -0.1) is 18.2 Å². The van der Waals surface area contributed by atoms with E-state index in [-0.39, 0.29) is 5.38 Å². The van der Waals surface area contributed by atoms with Crippen molar-refractivity contribution in [2.75, 3.05) is 11.4 Å². The number of allylic oxidation sites excluding steroid dienone is 4. The van der Waals surface area contributed by atoms with Crippen LogP contribution < -0.4 is 4.90 Å². The minimum Gasteiger partial charge on any atom is -0.341 e. The minimum absolute atomic E-state index is 0.108. The predicted octanol–water partition coefficient (Wildman–Crippen LogP) is 4.45. The lowest BCUT2D eigenvalue weighted by atomic mass is 9.98. The van der Waals surface area contributed by atoms with Crippen molar-refractivity contribution in [2.24, 2.45) is 0 Å². The van der Waals surface area contributed by atoms with Gasteiger partial charge in [0.15, 0.2) is 0 Å². The quantitative estimate of drug-likeness (QED) is 0.568. The van der Waals surface area contributed by atoms with Gasteiger partial charge in [-0.1, -0.05) is 36.4 Å². The van der Waals surface area contributed by atoms with Gasteiger partial charge < -0.3 is 4.90 Å². The van der Waals surface area contributed by atoms with Crippen LogP contribution in [0.3, 0.4) is 0 Å². The first kappa shape index (κ1) is 12.6. The Morgan fingerprint density at radius 3 is 3.00 bits per heavy atom. The molecule has 0 N–H and O–H groups in total. The first-order chi connectivity index (χ1) is 9.29. The van der Waals surface area contributed by atoms with Crippen LogP contribution in [0, 0.1) is 0 Å². The van der Waals surface area contributed by atoms with Gasteiger partial charge >= 0.3 is 0 Å². The smallest absolute Gasteiger partial charge is 0.0573 e. The van der Waals surface area contributed by atoms with E-state index < -0.39 is 0 Å². The van der Waals surface area contributed by atoms with Crippen molar-refractivity contribution in [2.45, 2.75) is 24.6 Å². The zero-order valence-corrected chi connectivity index (χ0v) is 11.7. The summed E-state index contributed by atoms with van der Waals surface area (Å²) in [6, 6.07) is 8.66. The molecular weight excluding hydrogens is 254 g/mol. The van der Waals surface area contributed by atoms with Gasteiger partial charge in [0.2, 0.25) is 0 Å². The number of nitrogens with zero attached hydrogens (tertiary/aromatic N) is 1. The Hall–Kier alpha value is -1.47. The molecule has 0 saturated carbocycles. The number of aryl methyl sites for hydroxylation is 1. The Labute approximate surface area is 119 Å². The predicted molar refractivity (Wildman–Crippen MR) is 82.7 cm³/mol. The van der Waals surface area contributed by atoms with Gasteiger partial charge in [0.1, 0.15) is 0 Å². The van der Waals surface area contributed by atoms with Crippen molar-refractivity contribution in [3.05, 3.63) is 65.9 Å². The number of benzene rings is 1. The fraction of sp³-hybridized carbons (Fsp3) is 0.294. The molecule has 0 aromatic heterocycles. The highest BCUT2D eigenvalue weighted by Gasteiger charge is 2.24. The second-order valence-electron chi connectivity index (χ2n) is 5.08. The molecule has 2 aliphatic rings. The molecule has 19 heavy (non-hydrogen) atoms. The van der Waals surface area contributed by atoms with Gasteiger partial charge in [-0.3, -0.25) is 0 Å². The van der Waals surface area contributed by atoms with Crippen molar-refractivity contribution in [1.29, 1.82) is 0 Å². The maximum absolute atomic E-state index is 6.31. The second-order valence-corrected chi connectivity index (χ2v) is 5.64. The number of anilines is 1. The highest BCUT2D eigenvalue weighted by molar-refractivity contribution is 6.22. The van der Waals surface area contributed by atoms with E-state index in [0.29, 0.717) is 0 Å². The van der Waals surface area contributed by atoms with Gasteiger partial charge in [0.25, 0.3) is 0 Å². The lowest BCUT2D eigenvalue weighted by Crippen LogP contribution is -2.26. The lowest BCUT2D eigenvalue weighted by molar-refractivity contribution is 0.845. The van der Waals surface area contributed by atoms with Crippen LogP contribution in [-0.2, 0) is 6.42 Å². The number of rotatable bonds is 2. The monoisotopic (exact) mass is 271 g/mol. The van der Waals surface area contributed by atoms with Crippen LogP contribution in [0.1, 0.15) is 18.4 Å². The largest absolute Gasteiger partial charge is 0.341 e. The Morgan fingerprint density at radius 2 is 2.16 bits per heavy atom. The average Bonchev–Trinajstić information content (AvgIpc) is 2.58. The summed E-state index contributed by atoms with van der Waals surface area (Å²) in [4.78, 5) is 2.38. The zero-order chi connectivity index (χ0) is 13.2. The van der Waals surface area contributed by atoms with Gasteiger partial charge in [-0.05, 0) is 30.0 Å². The topological polar surface area (TPSA) is 3.24 Å². The number of alkyl halides is 1. The zero-order valence-electron chi connectivity index (χ0n) is 11.0. The van der Waals surface area contributed by atoms with Crippen LogP contribution >= 0.6 is 11.6 Å². The third-order valence-corrected chi connectivity index (χ3v) is 4.15. The maximum Gasteiger partial charge on any atom is 0.0573 e. The minimum atomic E-state index is 0.108. The van der Waals surface area contributed by atoms with Gasteiger partial charge in [0, 0.05) is 24.4 Å². The summed E-state index contributed by atoms with van der Waals surface area (Å²) in [5.74, 6) is 0. The van der Waals surface area contributed by atoms with E-state index in [1.165, 1.54) is 22.5 Å². The molecule has 1 aromatic carbocycles. The van der Waals surface area contributed by atoms with Crippen molar-refractivity contribution >= 4 is 17.3 Å². The van der Waals surface area contributed by atoms with E-state index in [0.717, 1.165) is 25.8 Å². The summed E-state index contributed by atoms with van der Waals surface area (Å²) in [5.41, 5.74) is 5.52. The molecule has 0 radical (unpaired) electrons. The summed E-state index contributed by atoms with van der Waals surface area (Å²) in [6.07, 6.45) is 9.39. The lowest BCUT2D eigenvalue weighted by Gasteiger charge is -2.30. The van der Waals surface area contributed by atoms with E-state index in [2.05, 4.69) is 47.9 Å². The van der Waals surface area contributed by atoms with E-state index in [1.807, 2.05) is 6.08 Å². The van der Waals surface area contributed by atoms with Crippen LogP contribution in [0.25, 0.3) is 0 Å². The number of para-hydroxylation sites is 1. The molecular formula is C17H18ClN. The van der Waals surface area contributed by atoms with Crippen molar-refractivity contribution in [3.63, 3.8) is 0 Å². The molecule has 1 atom stereocenters. The molecule has 0 fully saturated rings. The first-order valence-corrected chi connectivity index (χ1v) is 7.24. The van der Waals surface area contributed by atoms with Crippen LogP contribution in [0.4, 0.5) is 5.69 Å². The number of halogens is 1. The molecule has 1 aliphatic carbocycles. The molecule has 1 nitrogen and oxygen atoms in total. The van der Waals surface area contributed by atoms with Gasteiger partial charge in [-0.25, -0.2) is 0 Å². The number of hydrogen-bond donors (Lipinski definition) is 0. The molecule has 2 heteroatoms. The van der Waals surface area contributed by atoms with E-state index in [1.54, 1.807) is 0 Å². The molecule has 0 saturated heterocycles. The van der Waals surface area contributed by atoms with Crippen LogP contribution in [0.15, 0.2) is 60.3 Å². The standard InChI is InChI=1S/C17H18ClN/c1-2-11-19-16-6-4-3-5-13(16)7-8-14-9-10-15(18)12-17(14)19/h2-6,9-10,15H,1,7-8,11-12H2. The Balaban J connectivity index is 2.09. The van der Waals surface area contributed by atoms with E-state index in [9.17, 15) is 0 Å². The van der Waals surface area contributed by atoms with Crippen molar-refractivity contribution in [1.82, 2.24) is 0 Å². The molecule has 0 bridgehead atoms. The summed E-state index contributed by atoms with van der Waals surface area (Å²) in [7, 11) is 0. The summed E-state index contributed by atoms with van der Waals surface area (Å²) in [6.45, 7) is 4.74. The molecule has 0 spiro atoms. The first-order valence-electron chi connectivity index (χ1n) is 6.80.